The van der Waals surface area contributed by atoms with Crippen LogP contribution < -0.4 is 5.32 Å². The van der Waals surface area contributed by atoms with Crippen molar-refractivity contribution < 1.29 is 4.58 Å². The van der Waals surface area contributed by atoms with Gasteiger partial charge in [0.2, 0.25) is 0 Å². The summed E-state index contributed by atoms with van der Waals surface area (Å²) in [6.07, 6.45) is 0. The van der Waals surface area contributed by atoms with E-state index in [1.165, 1.54) is 5.96 Å². The third-order valence-electron chi connectivity index (χ3n) is 4.41. The lowest BCUT2D eigenvalue weighted by Gasteiger charge is -2.26. The average molecular weight is 442 g/mol. The second kappa shape index (κ2) is 14.7. The number of hydrogen-bond acceptors (Lipinski definition) is 3. The zero-order valence-electron chi connectivity index (χ0n) is 22.3. The summed E-state index contributed by atoms with van der Waals surface area (Å²) in [5.74, 6) is 3.13. The summed E-state index contributed by atoms with van der Waals surface area (Å²) in [6, 6.07) is 0. The maximum atomic E-state index is 4.80. The Hall–Kier alpha value is -2.23. The number of guanidine groups is 3. The van der Waals surface area contributed by atoms with Gasteiger partial charge in [-0.05, 0) is 0 Å². The van der Waals surface area contributed by atoms with Gasteiger partial charge in [-0.1, -0.05) is 0 Å². The van der Waals surface area contributed by atoms with E-state index in [1.807, 2.05) is 76.0 Å². The smallest absolute Gasteiger partial charge is 0.349 e. The third kappa shape index (κ3) is 11.1. The van der Waals surface area contributed by atoms with Crippen molar-refractivity contribution in [3.8, 4) is 0 Å². The monoisotopic (exact) mass is 441 g/mol. The van der Waals surface area contributed by atoms with Gasteiger partial charge in [-0.3, -0.25) is 19.4 Å². The van der Waals surface area contributed by atoms with Crippen LogP contribution in [0.2, 0.25) is 0 Å². The van der Waals surface area contributed by atoms with Crippen molar-refractivity contribution in [1.29, 1.82) is 0 Å². The van der Waals surface area contributed by atoms with Gasteiger partial charge in [0, 0.05) is 69.5 Å². The van der Waals surface area contributed by atoms with Gasteiger partial charge in [-0.25, -0.2) is 4.99 Å². The minimum Gasteiger partial charge on any atom is -0.349 e. The summed E-state index contributed by atoms with van der Waals surface area (Å²) >= 11 is 0. The fourth-order valence-corrected chi connectivity index (χ4v) is 3.49. The van der Waals surface area contributed by atoms with Gasteiger partial charge in [0.05, 0.1) is 54.4 Å². The summed E-state index contributed by atoms with van der Waals surface area (Å²) in [5, 5.41) is 3.53. The number of rotatable bonds is 9. The highest BCUT2D eigenvalue weighted by Gasteiger charge is 2.22. The summed E-state index contributed by atoms with van der Waals surface area (Å²) in [6.45, 7) is 4.97. The minimum atomic E-state index is 0.732. The van der Waals surface area contributed by atoms with E-state index in [0.717, 1.165) is 51.2 Å². The summed E-state index contributed by atoms with van der Waals surface area (Å²) in [5.41, 5.74) is 0. The fourth-order valence-electron chi connectivity index (χ4n) is 3.49. The molecule has 0 aliphatic heterocycles. The Labute approximate surface area is 191 Å². The Morgan fingerprint density at radius 1 is 0.613 bits per heavy atom. The molecule has 0 spiro atoms. The van der Waals surface area contributed by atoms with Gasteiger partial charge < -0.3 is 24.9 Å². The fraction of sp³-hybridized carbons (Fsp3) is 0.857. The predicted octanol–water partition coefficient (Wildman–Crippen LogP) is -0.974. The lowest BCUT2D eigenvalue weighted by Crippen LogP contribution is -2.49. The van der Waals surface area contributed by atoms with Crippen LogP contribution >= 0.6 is 0 Å². The summed E-state index contributed by atoms with van der Waals surface area (Å²) in [4.78, 5) is 22.2. The molecule has 10 nitrogen and oxygen atoms in total. The molecule has 0 aliphatic carbocycles. The van der Waals surface area contributed by atoms with Crippen LogP contribution in [0.3, 0.4) is 0 Å². The molecule has 0 aliphatic rings. The zero-order valence-corrected chi connectivity index (χ0v) is 22.3. The molecule has 10 heteroatoms. The zero-order chi connectivity index (χ0) is 24.1. The van der Waals surface area contributed by atoms with Gasteiger partial charge in [0.15, 0.2) is 11.9 Å². The Morgan fingerprint density at radius 2 is 1.06 bits per heavy atom. The normalized spacial score (nSPS) is 10.2. The lowest BCUT2D eigenvalue weighted by molar-refractivity contribution is -0.476. The van der Waals surface area contributed by atoms with Crippen LogP contribution in [0.1, 0.15) is 0 Å². The molecule has 0 atom stereocenters. The molecular weight excluding hydrogens is 392 g/mol. The molecule has 0 amide bonds. The molecule has 0 aromatic carbocycles. The quantitative estimate of drug-likeness (QED) is 0.214. The molecule has 0 aromatic rings. The summed E-state index contributed by atoms with van der Waals surface area (Å²) < 4.78 is 2.16. The maximum absolute atomic E-state index is 4.80. The topological polar surface area (TPSA) is 59.2 Å². The molecule has 0 saturated heterocycles. The van der Waals surface area contributed by atoms with E-state index in [2.05, 4.69) is 52.9 Å². The van der Waals surface area contributed by atoms with Crippen molar-refractivity contribution in [2.75, 3.05) is 124 Å². The van der Waals surface area contributed by atoms with E-state index in [9.17, 15) is 0 Å². The molecule has 31 heavy (non-hydrogen) atoms. The summed E-state index contributed by atoms with van der Waals surface area (Å²) in [7, 11) is 24.5. The predicted molar refractivity (Wildman–Crippen MR) is 135 cm³/mol. The van der Waals surface area contributed by atoms with Crippen molar-refractivity contribution in [1.82, 2.24) is 34.7 Å². The van der Waals surface area contributed by atoms with E-state index in [0.29, 0.717) is 0 Å². The van der Waals surface area contributed by atoms with Crippen LogP contribution in [0.4, 0.5) is 0 Å². The van der Waals surface area contributed by atoms with Crippen molar-refractivity contribution >= 4 is 17.9 Å². The first-order chi connectivity index (χ1) is 14.4. The van der Waals surface area contributed by atoms with E-state index in [4.69, 9.17) is 4.99 Å². The highest BCUT2D eigenvalue weighted by molar-refractivity contribution is 5.79. The van der Waals surface area contributed by atoms with Gasteiger partial charge >= 0.3 is 5.96 Å². The highest BCUT2D eigenvalue weighted by atomic mass is 15.4. The number of hydrogen-bond donors (Lipinski definition) is 1. The van der Waals surface area contributed by atoms with Crippen LogP contribution in [0.15, 0.2) is 9.98 Å². The number of aliphatic imine (C=N–C) groups is 2. The SMILES string of the molecule is CN(C)C(=NCCNCCN(CCN=C(N(C)C)N(C)C)C(N(C)C)=[N+](C)C)N(C)C. The van der Waals surface area contributed by atoms with Crippen LogP contribution in [0, 0.1) is 0 Å². The third-order valence-corrected chi connectivity index (χ3v) is 4.41. The highest BCUT2D eigenvalue weighted by Crippen LogP contribution is 1.97. The Bertz CT molecular complexity index is 567. The van der Waals surface area contributed by atoms with Crippen LogP contribution in [-0.4, -0.2) is 176 Å². The van der Waals surface area contributed by atoms with E-state index in [1.54, 1.807) is 0 Å². The average Bonchev–Trinajstić information content (AvgIpc) is 2.61. The van der Waals surface area contributed by atoms with E-state index in [-0.39, 0.29) is 0 Å². The van der Waals surface area contributed by atoms with Crippen LogP contribution in [-0.2, 0) is 0 Å². The number of nitrogens with one attached hydrogen (secondary N) is 1. The van der Waals surface area contributed by atoms with Gasteiger partial charge in [-0.15, -0.1) is 0 Å². The first kappa shape index (κ1) is 28.8. The molecule has 0 saturated carbocycles. The molecule has 0 fully saturated rings. The maximum Gasteiger partial charge on any atom is 0.349 e. The molecule has 1 N–H and O–H groups in total. The van der Waals surface area contributed by atoms with Gasteiger partial charge in [-0.2, -0.15) is 0 Å². The number of nitrogens with zero attached hydrogens (tertiary/aromatic N) is 9. The van der Waals surface area contributed by atoms with E-state index >= 15 is 0 Å². The second-order valence-electron chi connectivity index (χ2n) is 8.77. The van der Waals surface area contributed by atoms with Crippen molar-refractivity contribution in [3.63, 3.8) is 0 Å². The molecule has 0 rings (SSSR count). The van der Waals surface area contributed by atoms with E-state index < -0.39 is 0 Å². The minimum absolute atomic E-state index is 0.732. The van der Waals surface area contributed by atoms with Crippen molar-refractivity contribution in [2.45, 2.75) is 0 Å². The second-order valence-corrected chi connectivity index (χ2v) is 8.77. The van der Waals surface area contributed by atoms with Crippen LogP contribution in [0.25, 0.3) is 0 Å². The molecular formula is C21H49N10+. The molecule has 0 unspecified atom stereocenters. The first-order valence-electron chi connectivity index (χ1n) is 10.9. The van der Waals surface area contributed by atoms with Gasteiger partial charge in [0.25, 0.3) is 0 Å². The lowest BCUT2D eigenvalue weighted by atomic mass is 10.4. The molecule has 0 heterocycles. The largest absolute Gasteiger partial charge is 0.349 e. The molecule has 0 aromatic heterocycles. The van der Waals surface area contributed by atoms with Crippen molar-refractivity contribution in [2.24, 2.45) is 9.98 Å². The van der Waals surface area contributed by atoms with Crippen LogP contribution in [0.5, 0.6) is 0 Å². The standard InChI is InChI=1S/C21H49N10/c1-25(2)19(26(3)4)23-14-13-22-15-17-31(21(29(9)10)30(11)12)18-16-24-20(27(5)6)28(7)8/h22H,13-18H2,1-12H3/q+1. The Kier molecular flexibility index (Phi) is 13.7. The van der Waals surface area contributed by atoms with Gasteiger partial charge in [0.1, 0.15) is 0 Å². The molecule has 0 bridgehead atoms. The van der Waals surface area contributed by atoms with Crippen molar-refractivity contribution in [3.05, 3.63) is 0 Å². The first-order valence-corrected chi connectivity index (χ1v) is 10.9. The Morgan fingerprint density at radius 3 is 1.45 bits per heavy atom. The Balaban J connectivity index is 4.98. The molecule has 182 valence electrons. The molecule has 0 radical (unpaired) electrons.